The van der Waals surface area contributed by atoms with Crippen molar-refractivity contribution >= 4 is 0 Å². The molecule has 0 radical (unpaired) electrons. The van der Waals surface area contributed by atoms with Crippen LogP contribution in [0.15, 0.2) is 36.4 Å². The first kappa shape index (κ1) is 13.5. The predicted octanol–water partition coefficient (Wildman–Crippen LogP) is 3.36. The molecule has 0 aliphatic rings. The van der Waals surface area contributed by atoms with E-state index in [1.807, 2.05) is 19.2 Å². The molecule has 0 fully saturated rings. The number of hydrogen-bond donors (Lipinski definition) is 1. The van der Waals surface area contributed by atoms with E-state index in [2.05, 4.69) is 5.32 Å². The highest BCUT2D eigenvalue weighted by Crippen LogP contribution is 2.29. The summed E-state index contributed by atoms with van der Waals surface area (Å²) in [6.07, 6.45) is 0. The lowest BCUT2D eigenvalue weighted by Gasteiger charge is -2.08. The molecule has 0 atom stereocenters. The molecule has 0 unspecified atom stereocenters. The van der Waals surface area contributed by atoms with Crippen molar-refractivity contribution in [2.24, 2.45) is 0 Å². The molecule has 2 rings (SSSR count). The maximum Gasteiger partial charge on any atom is 0.137 e. The van der Waals surface area contributed by atoms with Gasteiger partial charge >= 0.3 is 0 Å². The molecule has 4 heteroatoms. The third-order valence-electron chi connectivity index (χ3n) is 2.87. The third kappa shape index (κ3) is 2.90. The molecular weight excluding hydrogens is 248 g/mol. The molecule has 1 N–H and O–H groups in total. The normalized spacial score (nSPS) is 10.5. The summed E-state index contributed by atoms with van der Waals surface area (Å²) in [6, 6.07) is 9.46. The van der Waals surface area contributed by atoms with Crippen LogP contribution in [0.1, 0.15) is 5.56 Å². The monoisotopic (exact) mass is 263 g/mol. The van der Waals surface area contributed by atoms with E-state index in [0.717, 1.165) is 5.56 Å². The van der Waals surface area contributed by atoms with E-state index >= 15 is 0 Å². The Morgan fingerprint density at radius 1 is 1.05 bits per heavy atom. The lowest BCUT2D eigenvalue weighted by atomic mass is 10.0. The highest BCUT2D eigenvalue weighted by atomic mass is 19.1. The predicted molar refractivity (Wildman–Crippen MR) is 71.1 cm³/mol. The SMILES string of the molecule is CNCc1ccc(-c2c(F)cc(OC)cc2F)cc1. The lowest BCUT2D eigenvalue weighted by Crippen LogP contribution is -2.04. The molecule has 0 heterocycles. The van der Waals surface area contributed by atoms with Gasteiger partial charge in [-0.2, -0.15) is 0 Å². The zero-order valence-electron chi connectivity index (χ0n) is 10.8. The molecule has 2 aromatic rings. The molecule has 0 amide bonds. The Morgan fingerprint density at radius 3 is 2.11 bits per heavy atom. The quantitative estimate of drug-likeness (QED) is 0.913. The fraction of sp³-hybridized carbons (Fsp3) is 0.200. The van der Waals surface area contributed by atoms with Gasteiger partial charge in [0.25, 0.3) is 0 Å². The lowest BCUT2D eigenvalue weighted by molar-refractivity contribution is 0.407. The van der Waals surface area contributed by atoms with Gasteiger partial charge in [-0.05, 0) is 18.2 Å². The molecule has 0 aromatic heterocycles. The van der Waals surface area contributed by atoms with E-state index in [9.17, 15) is 8.78 Å². The average Bonchev–Trinajstić information content (AvgIpc) is 2.40. The molecule has 0 aliphatic carbocycles. The highest BCUT2D eigenvalue weighted by Gasteiger charge is 2.13. The van der Waals surface area contributed by atoms with E-state index in [-0.39, 0.29) is 11.3 Å². The Bertz CT molecular complexity index is 544. The summed E-state index contributed by atoms with van der Waals surface area (Å²) >= 11 is 0. The molecule has 100 valence electrons. The van der Waals surface area contributed by atoms with Gasteiger partial charge in [0, 0.05) is 18.7 Å². The summed E-state index contributed by atoms with van der Waals surface area (Å²) in [5.41, 5.74) is 1.54. The molecule has 2 aromatic carbocycles. The van der Waals surface area contributed by atoms with Gasteiger partial charge in [0.2, 0.25) is 0 Å². The summed E-state index contributed by atoms with van der Waals surface area (Å²) < 4.78 is 32.6. The first-order valence-electron chi connectivity index (χ1n) is 5.92. The van der Waals surface area contributed by atoms with Gasteiger partial charge in [0.1, 0.15) is 17.4 Å². The molecule has 2 nitrogen and oxygen atoms in total. The Labute approximate surface area is 111 Å². The highest BCUT2D eigenvalue weighted by molar-refractivity contribution is 5.66. The van der Waals surface area contributed by atoms with Gasteiger partial charge in [0.05, 0.1) is 12.7 Å². The Balaban J connectivity index is 2.41. The third-order valence-corrected chi connectivity index (χ3v) is 2.87. The van der Waals surface area contributed by atoms with Crippen LogP contribution < -0.4 is 10.1 Å². The van der Waals surface area contributed by atoms with Gasteiger partial charge in [-0.1, -0.05) is 24.3 Å². The van der Waals surface area contributed by atoms with E-state index in [0.29, 0.717) is 12.1 Å². The van der Waals surface area contributed by atoms with Crippen molar-refractivity contribution in [2.75, 3.05) is 14.2 Å². The number of rotatable bonds is 4. The fourth-order valence-corrected chi connectivity index (χ4v) is 1.94. The molecule has 0 aliphatic heterocycles. The van der Waals surface area contributed by atoms with Crippen LogP contribution in [0.4, 0.5) is 8.78 Å². The maximum atomic E-state index is 13.9. The summed E-state index contributed by atoms with van der Waals surface area (Å²) in [5, 5.41) is 3.02. The van der Waals surface area contributed by atoms with Crippen molar-refractivity contribution in [3.05, 3.63) is 53.6 Å². The second kappa shape index (κ2) is 5.80. The van der Waals surface area contributed by atoms with Crippen LogP contribution in [0.25, 0.3) is 11.1 Å². The molecule has 0 bridgehead atoms. The molecular formula is C15H15F2NO. The molecule has 0 spiro atoms. The van der Waals surface area contributed by atoms with Gasteiger partial charge in [-0.3, -0.25) is 0 Å². The number of halogens is 2. The van der Waals surface area contributed by atoms with Gasteiger partial charge in [-0.15, -0.1) is 0 Å². The first-order valence-corrected chi connectivity index (χ1v) is 5.92. The Hall–Kier alpha value is -1.94. The summed E-state index contributed by atoms with van der Waals surface area (Å²) in [7, 11) is 3.22. The molecule has 0 saturated carbocycles. The maximum absolute atomic E-state index is 13.9. The minimum Gasteiger partial charge on any atom is -0.497 e. The van der Waals surface area contributed by atoms with Crippen molar-refractivity contribution in [2.45, 2.75) is 6.54 Å². The average molecular weight is 263 g/mol. The zero-order chi connectivity index (χ0) is 13.8. The zero-order valence-corrected chi connectivity index (χ0v) is 10.8. The Kier molecular flexibility index (Phi) is 4.12. The number of nitrogens with one attached hydrogen (secondary N) is 1. The van der Waals surface area contributed by atoms with Crippen molar-refractivity contribution in [3.8, 4) is 16.9 Å². The minimum atomic E-state index is -0.627. The van der Waals surface area contributed by atoms with E-state index < -0.39 is 11.6 Å². The summed E-state index contributed by atoms with van der Waals surface area (Å²) in [5.74, 6) is -1.08. The smallest absolute Gasteiger partial charge is 0.137 e. The first-order chi connectivity index (χ1) is 9.15. The van der Waals surface area contributed by atoms with Crippen molar-refractivity contribution < 1.29 is 13.5 Å². The van der Waals surface area contributed by atoms with E-state index in [4.69, 9.17) is 4.74 Å². The van der Waals surface area contributed by atoms with Gasteiger partial charge in [0.15, 0.2) is 0 Å². The largest absolute Gasteiger partial charge is 0.497 e. The van der Waals surface area contributed by atoms with E-state index in [1.54, 1.807) is 12.1 Å². The van der Waals surface area contributed by atoms with Crippen LogP contribution in [0, 0.1) is 11.6 Å². The number of methoxy groups -OCH3 is 1. The Morgan fingerprint density at radius 2 is 1.63 bits per heavy atom. The second-order valence-electron chi connectivity index (χ2n) is 4.19. The number of ether oxygens (including phenoxy) is 1. The van der Waals surface area contributed by atoms with Crippen LogP contribution in [0.3, 0.4) is 0 Å². The summed E-state index contributed by atoms with van der Waals surface area (Å²) in [6.45, 7) is 0.716. The number of hydrogen-bond acceptors (Lipinski definition) is 2. The van der Waals surface area contributed by atoms with Crippen LogP contribution >= 0.6 is 0 Å². The fourth-order valence-electron chi connectivity index (χ4n) is 1.94. The van der Waals surface area contributed by atoms with Crippen molar-refractivity contribution in [1.82, 2.24) is 5.32 Å². The van der Waals surface area contributed by atoms with Crippen LogP contribution in [-0.4, -0.2) is 14.2 Å². The van der Waals surface area contributed by atoms with Gasteiger partial charge < -0.3 is 10.1 Å². The van der Waals surface area contributed by atoms with Crippen LogP contribution in [0.5, 0.6) is 5.75 Å². The van der Waals surface area contributed by atoms with E-state index in [1.165, 1.54) is 19.2 Å². The van der Waals surface area contributed by atoms with Crippen molar-refractivity contribution in [3.63, 3.8) is 0 Å². The topological polar surface area (TPSA) is 21.3 Å². The van der Waals surface area contributed by atoms with Crippen molar-refractivity contribution in [1.29, 1.82) is 0 Å². The standard InChI is InChI=1S/C15H15F2NO/c1-18-9-10-3-5-11(6-4-10)15-13(16)7-12(19-2)8-14(15)17/h3-8,18H,9H2,1-2H3. The van der Waals surface area contributed by atoms with Crippen LogP contribution in [-0.2, 0) is 6.54 Å². The minimum absolute atomic E-state index is 0.0307. The number of benzene rings is 2. The molecule has 19 heavy (non-hydrogen) atoms. The van der Waals surface area contributed by atoms with Gasteiger partial charge in [-0.25, -0.2) is 8.78 Å². The summed E-state index contributed by atoms with van der Waals surface area (Å²) in [4.78, 5) is 0. The molecule has 0 saturated heterocycles. The van der Waals surface area contributed by atoms with Crippen LogP contribution in [0.2, 0.25) is 0 Å². The second-order valence-corrected chi connectivity index (χ2v) is 4.19.